The Hall–Kier alpha value is 2.28. The predicted octanol–water partition coefficient (Wildman–Crippen LogP) is 14.7. The molecule has 0 heterocycles. The van der Waals surface area contributed by atoms with Gasteiger partial charge in [0.2, 0.25) is 4.84 Å². The minimum atomic E-state index is -4.47. The molecule has 0 bridgehead atoms. The first-order valence-corrected chi connectivity index (χ1v) is 12.9. The van der Waals surface area contributed by atoms with Crippen molar-refractivity contribution in [2.75, 3.05) is 18.1 Å². The summed E-state index contributed by atoms with van der Waals surface area (Å²) in [4.78, 5) is -2.26. The number of alkyl halides is 11. The van der Waals surface area contributed by atoms with Gasteiger partial charge in [0.25, 0.3) is 0 Å². The predicted molar refractivity (Wildman–Crippen MR) is 178 cm³/mol. The van der Waals surface area contributed by atoms with E-state index in [1.54, 1.807) is 13.8 Å². The third kappa shape index (κ3) is 503. The topological polar surface area (TPSA) is 0 Å². The summed E-state index contributed by atoms with van der Waals surface area (Å²) in [6, 6.07) is 0. The molecular weight excluding hydrogens is 780 g/mol. The lowest BCUT2D eigenvalue weighted by Crippen LogP contribution is -2.16. The average molecular weight is 820 g/mol. The monoisotopic (exact) mass is 814 g/mol. The van der Waals surface area contributed by atoms with Crippen LogP contribution in [-0.2, 0) is 0 Å². The zero-order valence-corrected chi connectivity index (χ0v) is 31.4. The minimum absolute atomic E-state index is 0. The normalized spacial score (nSPS) is 8.61. The number of halogens is 18. The van der Waals surface area contributed by atoms with E-state index in [0.29, 0.717) is 15.9 Å². The van der Waals surface area contributed by atoms with Crippen molar-refractivity contribution in [3.8, 4) is 0 Å². The van der Waals surface area contributed by atoms with E-state index in [1.165, 1.54) is 27.2 Å². The molecule has 0 fully saturated rings. The molecule has 0 amide bonds. The van der Waals surface area contributed by atoms with Crippen molar-refractivity contribution in [1.82, 2.24) is 0 Å². The van der Waals surface area contributed by atoms with Gasteiger partial charge >= 0.3 is 6.18 Å². The first kappa shape index (κ1) is 77.7. The summed E-state index contributed by atoms with van der Waals surface area (Å²) in [5.41, 5.74) is 0. The standard InChI is InChI=1S/C3H6Cl2.C3H6ClF.2C3H5Cl.C3H5F.C2HCl2F3.C2H5Cl.CH3Cl.3ClH.FH/c1-3(5)2-4;1-3(2,4)5;3*1-3(2)4;3-1(4)2(5,6)7;1-2-3;1-2;;;;/h3H,2H2,1H3;1-2H3;3*1H2,2H3;1H;2H2,1H3;1H3;4*1H. The lowest BCUT2D eigenvalue weighted by molar-refractivity contribution is -0.115. The quantitative estimate of drug-likeness (QED) is 0.183. The largest absolute Gasteiger partial charge is 0.418 e. The lowest BCUT2D eigenvalue weighted by atomic mass is 10.5. The fourth-order valence-electron chi connectivity index (χ4n) is 0. The highest BCUT2D eigenvalue weighted by Crippen LogP contribution is 2.27. The molecule has 1 atom stereocenters. The Morgan fingerprint density at radius 2 is 0.842 bits per heavy atom. The Balaban J connectivity index is -0.0000000204. The molecule has 0 aliphatic carbocycles. The van der Waals surface area contributed by atoms with Crippen molar-refractivity contribution in [3.05, 3.63) is 35.6 Å². The summed E-state index contributed by atoms with van der Waals surface area (Å²) < 4.78 is 55.0. The van der Waals surface area contributed by atoms with Gasteiger partial charge in [-0.3, -0.25) is 4.70 Å². The molecule has 0 rings (SSSR count). The van der Waals surface area contributed by atoms with Crippen LogP contribution in [0.5, 0.6) is 0 Å². The van der Waals surface area contributed by atoms with Crippen LogP contribution in [0.3, 0.4) is 0 Å². The number of hydrogen-bond donors (Lipinski definition) is 0. The van der Waals surface area contributed by atoms with E-state index >= 15 is 0 Å². The van der Waals surface area contributed by atoms with Crippen molar-refractivity contribution in [2.45, 2.75) is 70.0 Å². The molecule has 18 heteroatoms. The van der Waals surface area contributed by atoms with E-state index in [2.05, 4.69) is 54.5 Å². The summed E-state index contributed by atoms with van der Waals surface area (Å²) in [6.07, 6.45) is -3.00. The van der Waals surface area contributed by atoms with E-state index in [0.717, 1.165) is 5.88 Å². The molecule has 0 aliphatic rings. The van der Waals surface area contributed by atoms with Crippen LogP contribution in [0, 0.1) is 0 Å². The van der Waals surface area contributed by atoms with Gasteiger partial charge in [-0.25, -0.2) is 8.78 Å². The van der Waals surface area contributed by atoms with Gasteiger partial charge in [0, 0.05) is 33.6 Å². The second kappa shape index (κ2) is 58.8. The van der Waals surface area contributed by atoms with Gasteiger partial charge in [0.1, 0.15) is 0 Å². The average Bonchev–Trinajstić information content (AvgIpc) is 2.54. The van der Waals surface area contributed by atoms with Gasteiger partial charge in [0.05, 0.1) is 5.83 Å². The first-order chi connectivity index (χ1) is 14.8. The molecule has 0 nitrogen and oxygen atoms in total. The first-order valence-electron chi connectivity index (χ1n) is 8.62. The molecule has 38 heavy (non-hydrogen) atoms. The van der Waals surface area contributed by atoms with Crippen LogP contribution >= 0.6 is 142 Å². The maximum atomic E-state index is 11.5. The summed E-state index contributed by atoms with van der Waals surface area (Å²) >= 11 is 44.0. The molecule has 0 spiro atoms. The van der Waals surface area contributed by atoms with Crippen molar-refractivity contribution in [1.29, 1.82) is 0 Å². The van der Waals surface area contributed by atoms with E-state index in [1.807, 2.05) is 13.8 Å². The highest BCUT2D eigenvalue weighted by molar-refractivity contribution is 6.44. The maximum Gasteiger partial charge on any atom is 0.418 e. The zero-order valence-electron chi connectivity index (χ0n) is 22.1. The maximum absolute atomic E-state index is 11.5. The fourth-order valence-corrected chi connectivity index (χ4v) is 0. The molecule has 246 valence electrons. The second-order valence-electron chi connectivity index (χ2n) is 5.40. The SMILES string of the molecule is C=C(C)Cl.C=C(C)Cl.C=C(C)F.CC(C)(F)Cl.CC(Cl)CCl.CCCl.CCl.Cl.Cl.Cl.F.FC(F)(F)C(Cl)Cl. The van der Waals surface area contributed by atoms with Crippen LogP contribution in [0.1, 0.15) is 48.5 Å². The molecule has 1 unspecified atom stereocenters. The van der Waals surface area contributed by atoms with Gasteiger partial charge in [0.15, 0.2) is 5.13 Å². The van der Waals surface area contributed by atoms with E-state index < -0.39 is 16.1 Å². The van der Waals surface area contributed by atoms with Crippen molar-refractivity contribution < 1.29 is 26.7 Å². The van der Waals surface area contributed by atoms with Crippen molar-refractivity contribution >= 4 is 142 Å². The summed E-state index contributed by atoms with van der Waals surface area (Å²) in [5.74, 6) is 0.932. The Kier molecular flexibility index (Phi) is 120. The molecule has 0 aromatic carbocycles. The molecule has 0 radical (unpaired) electrons. The molecule has 0 aliphatic heterocycles. The Bertz CT molecular complexity index is 372. The van der Waals surface area contributed by atoms with E-state index in [-0.39, 0.29) is 53.1 Å². The molecule has 0 saturated heterocycles. The second-order valence-corrected chi connectivity index (χ2v) is 10.3. The molecule has 0 N–H and O–H groups in total. The van der Waals surface area contributed by atoms with Crippen LogP contribution in [-0.4, -0.2) is 39.7 Å². The Morgan fingerprint density at radius 1 is 0.789 bits per heavy atom. The number of allylic oxidation sites excluding steroid dienone is 3. The summed E-state index contributed by atoms with van der Waals surface area (Å²) in [5, 5.41) is -0.128. The van der Waals surface area contributed by atoms with Crippen molar-refractivity contribution in [3.63, 3.8) is 0 Å². The van der Waals surface area contributed by atoms with Crippen LogP contribution < -0.4 is 0 Å². The summed E-state index contributed by atoms with van der Waals surface area (Å²) in [6.45, 7) is 20.6. The van der Waals surface area contributed by atoms with Crippen LogP contribution in [0.15, 0.2) is 35.6 Å². The van der Waals surface area contributed by atoms with Crippen molar-refractivity contribution in [2.24, 2.45) is 0 Å². The smallest absolute Gasteiger partial charge is 0.269 e. The highest BCUT2D eigenvalue weighted by atomic mass is 35.5. The molecule has 0 saturated carbocycles. The number of hydrogen-bond acceptors (Lipinski definition) is 0. The van der Waals surface area contributed by atoms with Gasteiger partial charge in [-0.05, 0) is 41.5 Å². The van der Waals surface area contributed by atoms with E-state index in [9.17, 15) is 22.0 Å². The molecule has 0 aromatic heterocycles. The lowest BCUT2D eigenvalue weighted by Gasteiger charge is -2.03. The fraction of sp³-hybridized carbons (Fsp3) is 0.700. The number of rotatable bonds is 1. The van der Waals surface area contributed by atoms with Gasteiger partial charge in [-0.15, -0.1) is 83.6 Å². The van der Waals surface area contributed by atoms with Crippen LogP contribution in [0.25, 0.3) is 0 Å². The highest BCUT2D eigenvalue weighted by Gasteiger charge is 2.36. The Labute approximate surface area is 289 Å². The third-order valence-corrected chi connectivity index (χ3v) is 1.73. The Morgan fingerprint density at radius 3 is 0.842 bits per heavy atom. The van der Waals surface area contributed by atoms with E-state index in [4.69, 9.17) is 69.6 Å². The zero-order chi connectivity index (χ0) is 30.3. The summed E-state index contributed by atoms with van der Waals surface area (Å²) in [7, 11) is 0. The molecular formula is C20H40Cl12F6. The van der Waals surface area contributed by atoms with Crippen LogP contribution in [0.2, 0.25) is 0 Å². The van der Waals surface area contributed by atoms with Crippen LogP contribution in [0.4, 0.5) is 26.7 Å². The van der Waals surface area contributed by atoms with Gasteiger partial charge in [-0.1, -0.05) is 84.7 Å². The van der Waals surface area contributed by atoms with Gasteiger partial charge < -0.3 is 0 Å². The van der Waals surface area contributed by atoms with Gasteiger partial charge in [-0.2, -0.15) is 13.2 Å². The third-order valence-electron chi connectivity index (χ3n) is 0.460. The molecule has 0 aromatic rings. The minimum Gasteiger partial charge on any atom is -0.269 e.